The summed E-state index contributed by atoms with van der Waals surface area (Å²) in [6.45, 7) is 4.44. The average Bonchev–Trinajstić information content (AvgIpc) is 2.57. The Kier molecular flexibility index (Phi) is 30.7. The third-order valence-electron chi connectivity index (χ3n) is 3.99. The molecule has 0 saturated carbocycles. The van der Waals surface area contributed by atoms with Crippen molar-refractivity contribution in [1.82, 2.24) is 0 Å². The summed E-state index contributed by atoms with van der Waals surface area (Å²) in [6, 6.07) is 0. The van der Waals surface area contributed by atoms with Crippen LogP contribution in [0, 0.1) is 0 Å². The van der Waals surface area contributed by atoms with E-state index in [-0.39, 0.29) is 0 Å². The molecular weight excluding hydrogens is 360 g/mol. The van der Waals surface area contributed by atoms with Crippen LogP contribution >= 0.6 is 0 Å². The van der Waals surface area contributed by atoms with Gasteiger partial charge in [-0.3, -0.25) is 14.4 Å². The maximum absolute atomic E-state index is 10.3. The Labute approximate surface area is 171 Å². The number of rotatable bonds is 16. The molecule has 0 amide bonds. The van der Waals surface area contributed by atoms with Gasteiger partial charge in [0.05, 0.1) is 0 Å². The van der Waals surface area contributed by atoms with Crippen LogP contribution in [0.25, 0.3) is 0 Å². The van der Waals surface area contributed by atoms with E-state index in [4.69, 9.17) is 24.9 Å². The van der Waals surface area contributed by atoms with Crippen LogP contribution in [0.1, 0.15) is 124 Å². The lowest BCUT2D eigenvalue weighted by molar-refractivity contribution is -0.137. The molecule has 0 aromatic rings. The molecule has 6 heteroatoms. The van der Waals surface area contributed by atoms with E-state index in [1.807, 2.05) is 0 Å². The number of aliphatic carboxylic acids is 3. The molecule has 0 heterocycles. The van der Waals surface area contributed by atoms with Crippen molar-refractivity contribution in [2.75, 3.05) is 0 Å². The molecule has 0 aliphatic rings. The van der Waals surface area contributed by atoms with E-state index in [0.717, 1.165) is 26.7 Å². The van der Waals surface area contributed by atoms with Crippen LogP contribution in [-0.2, 0) is 14.4 Å². The minimum Gasteiger partial charge on any atom is -0.481 e. The second-order valence-electron chi connectivity index (χ2n) is 7.13. The molecule has 0 atom stereocenters. The molecule has 0 aromatic heterocycles. The zero-order valence-corrected chi connectivity index (χ0v) is 18.4. The number of unbranched alkanes of at least 4 members (excludes halogenated alkanes) is 14. The molecule has 6 nitrogen and oxygen atoms in total. The van der Waals surface area contributed by atoms with Crippen LogP contribution in [0.3, 0.4) is 0 Å². The number of hydrogen-bond acceptors (Lipinski definition) is 3. The fourth-order valence-electron chi connectivity index (χ4n) is 2.65. The van der Waals surface area contributed by atoms with Crippen LogP contribution in [-0.4, -0.2) is 33.2 Å². The zero-order valence-electron chi connectivity index (χ0n) is 18.4. The lowest BCUT2D eigenvalue weighted by Gasteiger charge is -2.03. The highest BCUT2D eigenvalue weighted by Crippen LogP contribution is 2.13. The van der Waals surface area contributed by atoms with Crippen LogP contribution in [0.5, 0.6) is 0 Å². The molecule has 0 radical (unpaired) electrons. The van der Waals surface area contributed by atoms with Crippen molar-refractivity contribution in [3.63, 3.8) is 0 Å². The van der Waals surface area contributed by atoms with E-state index in [1.54, 1.807) is 0 Å². The van der Waals surface area contributed by atoms with Crippen molar-refractivity contribution in [2.45, 2.75) is 124 Å². The fraction of sp³-hybridized carbons (Fsp3) is 0.864. The van der Waals surface area contributed by atoms with Crippen LogP contribution in [0.4, 0.5) is 0 Å². The monoisotopic (exact) mass is 404 g/mol. The molecule has 0 spiro atoms. The first-order valence-corrected chi connectivity index (χ1v) is 10.8. The van der Waals surface area contributed by atoms with Crippen molar-refractivity contribution in [3.8, 4) is 0 Å². The summed E-state index contributed by atoms with van der Waals surface area (Å²) in [6.07, 6.45) is 20.2. The van der Waals surface area contributed by atoms with Gasteiger partial charge >= 0.3 is 5.97 Å². The van der Waals surface area contributed by atoms with Gasteiger partial charge in [0.2, 0.25) is 0 Å². The summed E-state index contributed by atoms with van der Waals surface area (Å²) in [5.41, 5.74) is 0. The number of carbonyl (C=O) groups is 3. The Bertz CT molecular complexity index is 335. The summed E-state index contributed by atoms with van der Waals surface area (Å²) in [5, 5.41) is 23.4. The van der Waals surface area contributed by atoms with Gasteiger partial charge in [-0.1, -0.05) is 96.8 Å². The molecule has 168 valence electrons. The van der Waals surface area contributed by atoms with Crippen LogP contribution < -0.4 is 0 Å². The van der Waals surface area contributed by atoms with E-state index in [2.05, 4.69) is 6.92 Å². The Morgan fingerprint density at radius 3 is 0.929 bits per heavy atom. The first-order valence-electron chi connectivity index (χ1n) is 10.8. The van der Waals surface area contributed by atoms with Crippen molar-refractivity contribution in [3.05, 3.63) is 0 Å². The summed E-state index contributed by atoms with van der Waals surface area (Å²) in [5.74, 6) is -2.32. The topological polar surface area (TPSA) is 112 Å². The third kappa shape index (κ3) is 56.3. The zero-order chi connectivity index (χ0) is 22.0. The van der Waals surface area contributed by atoms with E-state index in [9.17, 15) is 4.79 Å². The molecule has 0 aliphatic carbocycles. The number of carboxylic acid groups (broad SMARTS) is 3. The highest BCUT2D eigenvalue weighted by molar-refractivity contribution is 5.66. The van der Waals surface area contributed by atoms with E-state index >= 15 is 0 Å². The maximum Gasteiger partial charge on any atom is 0.303 e. The smallest absolute Gasteiger partial charge is 0.303 e. The van der Waals surface area contributed by atoms with Gasteiger partial charge in [-0.15, -0.1) is 0 Å². The Morgan fingerprint density at radius 2 is 0.714 bits per heavy atom. The molecule has 3 N–H and O–H groups in total. The molecule has 0 bridgehead atoms. The van der Waals surface area contributed by atoms with Gasteiger partial charge in [0.25, 0.3) is 11.9 Å². The SMILES string of the molecule is CC(=O)O.CC(=O)O.CCCCCCCCCCCCCCCCCC(=O)O. The first-order chi connectivity index (χ1) is 13.2. The lowest BCUT2D eigenvalue weighted by Crippen LogP contribution is -1.93. The standard InChI is InChI=1S/C18H36O2.2C2H4O2/c1-2-3-4-5-6-7-8-9-10-11-12-13-14-15-16-17-18(19)20;2*1-2(3)4/h2-17H2,1H3,(H,19,20);2*1H3,(H,3,4). The highest BCUT2D eigenvalue weighted by atomic mass is 16.4. The van der Waals surface area contributed by atoms with Crippen molar-refractivity contribution in [2.24, 2.45) is 0 Å². The normalized spacial score (nSPS) is 9.54. The molecule has 0 aromatic carbocycles. The lowest BCUT2D eigenvalue weighted by atomic mass is 10.0. The van der Waals surface area contributed by atoms with Gasteiger partial charge in [0.1, 0.15) is 0 Å². The van der Waals surface area contributed by atoms with E-state index in [0.29, 0.717) is 6.42 Å². The second kappa shape index (κ2) is 27.6. The summed E-state index contributed by atoms with van der Waals surface area (Å²) in [7, 11) is 0. The largest absolute Gasteiger partial charge is 0.481 e. The van der Waals surface area contributed by atoms with Gasteiger partial charge in [-0.25, -0.2) is 0 Å². The Balaban J connectivity index is -0.000000656. The fourth-order valence-corrected chi connectivity index (χ4v) is 2.65. The summed E-state index contributed by atoms with van der Waals surface area (Å²) < 4.78 is 0. The van der Waals surface area contributed by atoms with Gasteiger partial charge in [-0.05, 0) is 6.42 Å². The number of carboxylic acids is 3. The minimum atomic E-state index is -0.833. The molecule has 28 heavy (non-hydrogen) atoms. The average molecular weight is 405 g/mol. The van der Waals surface area contributed by atoms with Crippen LogP contribution in [0.15, 0.2) is 0 Å². The van der Waals surface area contributed by atoms with Gasteiger partial charge in [-0.2, -0.15) is 0 Å². The van der Waals surface area contributed by atoms with Gasteiger partial charge < -0.3 is 15.3 Å². The number of hydrogen-bond donors (Lipinski definition) is 3. The molecule has 0 saturated heterocycles. The van der Waals surface area contributed by atoms with Crippen LogP contribution in [0.2, 0.25) is 0 Å². The minimum absolute atomic E-state index is 0.345. The third-order valence-corrected chi connectivity index (χ3v) is 3.99. The molecule has 0 unspecified atom stereocenters. The molecule has 0 fully saturated rings. The predicted octanol–water partition coefficient (Wildman–Crippen LogP) is 6.51. The molecular formula is C22H44O6. The predicted molar refractivity (Wildman–Crippen MR) is 114 cm³/mol. The maximum atomic E-state index is 10.3. The summed E-state index contributed by atoms with van der Waals surface area (Å²) >= 11 is 0. The van der Waals surface area contributed by atoms with E-state index < -0.39 is 17.9 Å². The highest BCUT2D eigenvalue weighted by Gasteiger charge is 1.97. The Hall–Kier alpha value is -1.59. The van der Waals surface area contributed by atoms with Gasteiger partial charge in [0, 0.05) is 20.3 Å². The van der Waals surface area contributed by atoms with Crippen molar-refractivity contribution >= 4 is 17.9 Å². The molecule has 0 rings (SSSR count). The quantitative estimate of drug-likeness (QED) is 0.253. The Morgan fingerprint density at radius 1 is 0.500 bits per heavy atom. The molecule has 0 aliphatic heterocycles. The second-order valence-corrected chi connectivity index (χ2v) is 7.13. The van der Waals surface area contributed by atoms with Gasteiger partial charge in [0.15, 0.2) is 0 Å². The first kappa shape index (κ1) is 31.1. The summed E-state index contributed by atoms with van der Waals surface area (Å²) in [4.78, 5) is 28.3. The van der Waals surface area contributed by atoms with Crippen molar-refractivity contribution < 1.29 is 29.7 Å². The van der Waals surface area contributed by atoms with E-state index in [1.165, 1.54) is 83.5 Å². The van der Waals surface area contributed by atoms with Crippen molar-refractivity contribution in [1.29, 1.82) is 0 Å².